The van der Waals surface area contributed by atoms with Crippen LogP contribution in [0.4, 0.5) is 11.6 Å². The molecule has 2 aliphatic heterocycles. The third-order valence-corrected chi connectivity index (χ3v) is 5.14. The number of furan rings is 1. The molecule has 0 aliphatic carbocycles. The highest BCUT2D eigenvalue weighted by atomic mass is 35.5. The number of carbonyl (C=O) groups is 1. The standard InChI is InChI=1S/C18H16ClN3O2S/c19-12-4-3-5-13(10-12)20-18-21-17(23)15(25-18)11-14-6-7-16(24-14)22-8-1-2-9-22/h3-7,10-11H,1-2,8-9H2,(H,20,21,23)/b15-11-. The number of carbonyl (C=O) groups excluding carboxylic acids is 1. The van der Waals surface area contributed by atoms with E-state index in [-0.39, 0.29) is 5.91 Å². The van der Waals surface area contributed by atoms with E-state index < -0.39 is 0 Å². The first-order chi connectivity index (χ1) is 12.2. The molecule has 2 aromatic rings. The van der Waals surface area contributed by atoms with Gasteiger partial charge in [-0.3, -0.25) is 4.79 Å². The average molecular weight is 374 g/mol. The van der Waals surface area contributed by atoms with Crippen LogP contribution in [0.15, 0.2) is 50.7 Å². The Bertz CT molecular complexity index is 869. The van der Waals surface area contributed by atoms with E-state index in [1.807, 2.05) is 24.3 Å². The minimum absolute atomic E-state index is 0.176. The molecule has 2 saturated heterocycles. The molecular weight excluding hydrogens is 358 g/mol. The van der Waals surface area contributed by atoms with Crippen molar-refractivity contribution < 1.29 is 9.21 Å². The normalized spacial score (nSPS) is 20.7. The molecule has 2 aliphatic rings. The number of rotatable bonds is 3. The molecule has 1 aromatic carbocycles. The summed E-state index contributed by atoms with van der Waals surface area (Å²) in [4.78, 5) is 19.3. The highest BCUT2D eigenvalue weighted by Crippen LogP contribution is 2.30. The Kier molecular flexibility index (Phi) is 4.55. The first-order valence-corrected chi connectivity index (χ1v) is 9.27. The number of halogens is 1. The number of hydrogen-bond donors (Lipinski definition) is 1. The third kappa shape index (κ3) is 3.75. The van der Waals surface area contributed by atoms with Gasteiger partial charge >= 0.3 is 0 Å². The summed E-state index contributed by atoms with van der Waals surface area (Å²) in [5.41, 5.74) is 0.700. The van der Waals surface area contributed by atoms with Gasteiger partial charge in [0.15, 0.2) is 11.1 Å². The van der Waals surface area contributed by atoms with Gasteiger partial charge in [0, 0.05) is 30.3 Å². The van der Waals surface area contributed by atoms with Crippen molar-refractivity contribution in [2.45, 2.75) is 12.8 Å². The van der Waals surface area contributed by atoms with Crippen LogP contribution in [0, 0.1) is 0 Å². The summed E-state index contributed by atoms with van der Waals surface area (Å²) in [6.45, 7) is 2.05. The maximum atomic E-state index is 12.2. The molecule has 4 rings (SSSR count). The Morgan fingerprint density at radius 3 is 2.88 bits per heavy atom. The summed E-state index contributed by atoms with van der Waals surface area (Å²) < 4.78 is 5.85. The van der Waals surface area contributed by atoms with Gasteiger partial charge in [0.2, 0.25) is 0 Å². The fourth-order valence-corrected chi connectivity index (χ4v) is 3.81. The molecule has 1 aromatic heterocycles. The summed E-state index contributed by atoms with van der Waals surface area (Å²) in [5.74, 6) is 1.36. The van der Waals surface area contributed by atoms with Crippen LogP contribution in [0.1, 0.15) is 18.6 Å². The number of amides is 1. The Labute approximate surface area is 154 Å². The van der Waals surface area contributed by atoms with Crippen molar-refractivity contribution in [3.63, 3.8) is 0 Å². The highest BCUT2D eigenvalue weighted by molar-refractivity contribution is 8.18. The van der Waals surface area contributed by atoms with Crippen molar-refractivity contribution in [2.75, 3.05) is 18.0 Å². The second-order valence-electron chi connectivity index (χ2n) is 5.83. The number of nitrogens with one attached hydrogen (secondary N) is 1. The lowest BCUT2D eigenvalue weighted by molar-refractivity contribution is -0.115. The van der Waals surface area contributed by atoms with E-state index in [1.165, 1.54) is 24.6 Å². The number of anilines is 1. The molecule has 0 atom stereocenters. The smallest absolute Gasteiger partial charge is 0.264 e. The molecular formula is C18H16ClN3O2S. The number of aliphatic imine (C=N–C) groups is 1. The first kappa shape index (κ1) is 16.3. The Balaban J connectivity index is 1.51. The van der Waals surface area contributed by atoms with Crippen molar-refractivity contribution in [1.29, 1.82) is 0 Å². The van der Waals surface area contributed by atoms with Gasteiger partial charge in [-0.05, 0) is 48.9 Å². The van der Waals surface area contributed by atoms with Crippen LogP contribution in [0.5, 0.6) is 0 Å². The largest absolute Gasteiger partial charge is 0.441 e. The van der Waals surface area contributed by atoms with Gasteiger partial charge in [-0.25, -0.2) is 4.99 Å². The topological polar surface area (TPSA) is 57.8 Å². The highest BCUT2D eigenvalue weighted by Gasteiger charge is 2.24. The fraction of sp³-hybridized carbons (Fsp3) is 0.222. The first-order valence-electron chi connectivity index (χ1n) is 8.07. The lowest BCUT2D eigenvalue weighted by Crippen LogP contribution is -2.19. The summed E-state index contributed by atoms with van der Waals surface area (Å²) >= 11 is 7.25. The minimum Gasteiger partial charge on any atom is -0.441 e. The molecule has 1 N–H and O–H groups in total. The second-order valence-corrected chi connectivity index (χ2v) is 7.30. The molecule has 25 heavy (non-hydrogen) atoms. The summed E-state index contributed by atoms with van der Waals surface area (Å²) in [6.07, 6.45) is 4.14. The number of hydrogen-bond acceptors (Lipinski definition) is 5. The predicted molar refractivity (Wildman–Crippen MR) is 102 cm³/mol. The van der Waals surface area contributed by atoms with Crippen LogP contribution < -0.4 is 10.2 Å². The molecule has 5 nitrogen and oxygen atoms in total. The van der Waals surface area contributed by atoms with E-state index in [2.05, 4.69) is 15.2 Å². The predicted octanol–water partition coefficient (Wildman–Crippen LogP) is 4.42. The van der Waals surface area contributed by atoms with Crippen molar-refractivity contribution in [3.8, 4) is 0 Å². The summed E-state index contributed by atoms with van der Waals surface area (Å²) in [6, 6.07) is 11.0. The molecule has 0 unspecified atom stereocenters. The van der Waals surface area contributed by atoms with Crippen LogP contribution in [-0.2, 0) is 4.79 Å². The number of thioether (sulfide) groups is 1. The van der Waals surface area contributed by atoms with Gasteiger partial charge in [-0.2, -0.15) is 0 Å². The van der Waals surface area contributed by atoms with Crippen molar-refractivity contribution >= 4 is 52.1 Å². The molecule has 3 heterocycles. The van der Waals surface area contributed by atoms with Crippen molar-refractivity contribution in [1.82, 2.24) is 5.32 Å². The van der Waals surface area contributed by atoms with Gasteiger partial charge in [-0.15, -0.1) is 0 Å². The van der Waals surface area contributed by atoms with Crippen molar-refractivity contribution in [2.24, 2.45) is 4.99 Å². The maximum absolute atomic E-state index is 12.2. The van der Waals surface area contributed by atoms with Gasteiger partial charge in [0.25, 0.3) is 5.91 Å². The quantitative estimate of drug-likeness (QED) is 0.809. The van der Waals surface area contributed by atoms with E-state index in [0.29, 0.717) is 26.5 Å². The lowest BCUT2D eigenvalue weighted by atomic mass is 10.3. The Hall–Kier alpha value is -2.18. The Morgan fingerprint density at radius 2 is 2.08 bits per heavy atom. The summed E-state index contributed by atoms with van der Waals surface area (Å²) in [5, 5.41) is 3.91. The third-order valence-electron chi connectivity index (χ3n) is 3.99. The van der Waals surface area contributed by atoms with Crippen LogP contribution in [-0.4, -0.2) is 24.2 Å². The van der Waals surface area contributed by atoms with E-state index in [1.54, 1.807) is 18.2 Å². The van der Waals surface area contributed by atoms with Gasteiger partial charge in [0.1, 0.15) is 5.76 Å². The minimum atomic E-state index is -0.176. The Morgan fingerprint density at radius 1 is 1.24 bits per heavy atom. The molecule has 0 radical (unpaired) electrons. The SMILES string of the molecule is O=C1NC(=Nc2cccc(Cl)c2)S/C1=C\c1ccc(N2CCCC2)o1. The van der Waals surface area contributed by atoms with Crippen LogP contribution in [0.25, 0.3) is 6.08 Å². The van der Waals surface area contributed by atoms with Crippen LogP contribution in [0.2, 0.25) is 5.02 Å². The zero-order valence-electron chi connectivity index (χ0n) is 13.4. The molecule has 0 saturated carbocycles. The number of nitrogens with zero attached hydrogens (tertiary/aromatic N) is 2. The molecule has 2 fully saturated rings. The molecule has 0 bridgehead atoms. The average Bonchev–Trinajstić information content (AvgIpc) is 3.30. The summed E-state index contributed by atoms with van der Waals surface area (Å²) in [7, 11) is 0. The van der Waals surface area contributed by atoms with E-state index in [0.717, 1.165) is 19.0 Å². The van der Waals surface area contributed by atoms with Gasteiger partial charge in [0.05, 0.1) is 10.6 Å². The molecule has 128 valence electrons. The fourth-order valence-electron chi connectivity index (χ4n) is 2.80. The number of benzene rings is 1. The van der Waals surface area contributed by atoms with Gasteiger partial charge < -0.3 is 14.6 Å². The van der Waals surface area contributed by atoms with E-state index >= 15 is 0 Å². The van der Waals surface area contributed by atoms with Crippen LogP contribution in [0.3, 0.4) is 0 Å². The monoisotopic (exact) mass is 373 g/mol. The van der Waals surface area contributed by atoms with E-state index in [9.17, 15) is 4.79 Å². The second kappa shape index (κ2) is 6.98. The van der Waals surface area contributed by atoms with Crippen molar-refractivity contribution in [3.05, 3.63) is 52.1 Å². The lowest BCUT2D eigenvalue weighted by Gasteiger charge is -2.12. The maximum Gasteiger partial charge on any atom is 0.264 e. The molecule has 0 spiro atoms. The molecule has 7 heteroatoms. The van der Waals surface area contributed by atoms with Gasteiger partial charge in [-0.1, -0.05) is 17.7 Å². The number of amidine groups is 1. The molecule has 1 amide bonds. The van der Waals surface area contributed by atoms with E-state index in [4.69, 9.17) is 16.0 Å². The zero-order valence-corrected chi connectivity index (χ0v) is 14.9. The van der Waals surface area contributed by atoms with Crippen LogP contribution >= 0.6 is 23.4 Å². The zero-order chi connectivity index (χ0) is 17.2.